The van der Waals surface area contributed by atoms with Gasteiger partial charge in [0.25, 0.3) is 5.91 Å². The van der Waals surface area contributed by atoms with Crippen molar-refractivity contribution in [2.45, 2.75) is 25.7 Å². The molecule has 0 saturated carbocycles. The maximum absolute atomic E-state index is 12.8. The standard InChI is InChI=1S/C27H31N5O2/c28-20-22-5-7-23(8-6-22)27(33)32-16-14-31(15-17-32)26-10-9-25(19-24(26)21-29)34-18-4-13-30-11-2-1-3-12-30/h5-10,19H,1-4,11-18H2. The minimum atomic E-state index is -0.0297. The van der Waals surface area contributed by atoms with E-state index in [0.29, 0.717) is 49.5 Å². The number of carbonyl (C=O) groups is 1. The van der Waals surface area contributed by atoms with Crippen molar-refractivity contribution in [1.82, 2.24) is 9.80 Å². The second kappa shape index (κ2) is 11.5. The number of ether oxygens (including phenoxy) is 1. The average Bonchev–Trinajstić information content (AvgIpc) is 2.91. The van der Waals surface area contributed by atoms with Crippen LogP contribution in [0.5, 0.6) is 5.75 Å². The number of rotatable bonds is 7. The predicted molar refractivity (Wildman–Crippen MR) is 131 cm³/mol. The zero-order valence-electron chi connectivity index (χ0n) is 19.6. The largest absolute Gasteiger partial charge is 0.493 e. The van der Waals surface area contributed by atoms with Crippen molar-refractivity contribution in [3.8, 4) is 17.9 Å². The molecule has 2 aliphatic rings. The molecule has 2 heterocycles. The fraction of sp³-hybridized carbons (Fsp3) is 0.444. The highest BCUT2D eigenvalue weighted by Gasteiger charge is 2.24. The number of hydrogen-bond donors (Lipinski definition) is 0. The molecule has 4 rings (SSSR count). The van der Waals surface area contributed by atoms with Crippen molar-refractivity contribution in [1.29, 1.82) is 10.5 Å². The lowest BCUT2D eigenvalue weighted by Gasteiger charge is -2.36. The summed E-state index contributed by atoms with van der Waals surface area (Å²) in [6.07, 6.45) is 4.93. The number of hydrogen-bond acceptors (Lipinski definition) is 6. The summed E-state index contributed by atoms with van der Waals surface area (Å²) in [5.41, 5.74) is 2.61. The number of piperazine rings is 1. The van der Waals surface area contributed by atoms with Crippen LogP contribution in [0, 0.1) is 22.7 Å². The quantitative estimate of drug-likeness (QED) is 0.590. The highest BCUT2D eigenvalue weighted by atomic mass is 16.5. The van der Waals surface area contributed by atoms with Gasteiger partial charge in [-0.25, -0.2) is 0 Å². The van der Waals surface area contributed by atoms with E-state index in [-0.39, 0.29) is 5.91 Å². The third-order valence-corrected chi connectivity index (χ3v) is 6.59. The Hall–Kier alpha value is -3.55. The molecular formula is C27H31N5O2. The molecule has 0 radical (unpaired) electrons. The molecule has 176 valence electrons. The first-order chi connectivity index (χ1) is 16.7. The molecule has 7 heteroatoms. The van der Waals surface area contributed by atoms with Crippen LogP contribution >= 0.6 is 0 Å². The third kappa shape index (κ3) is 5.87. The number of benzene rings is 2. The highest BCUT2D eigenvalue weighted by molar-refractivity contribution is 5.94. The van der Waals surface area contributed by atoms with Gasteiger partial charge in [-0.2, -0.15) is 10.5 Å². The highest BCUT2D eigenvalue weighted by Crippen LogP contribution is 2.26. The van der Waals surface area contributed by atoms with Crippen molar-refractivity contribution in [3.05, 3.63) is 59.2 Å². The molecule has 0 N–H and O–H groups in total. The van der Waals surface area contributed by atoms with Gasteiger partial charge < -0.3 is 19.4 Å². The topological polar surface area (TPSA) is 83.6 Å². The molecular weight excluding hydrogens is 426 g/mol. The first-order valence-electron chi connectivity index (χ1n) is 12.1. The van der Waals surface area contributed by atoms with E-state index in [4.69, 9.17) is 10.00 Å². The molecule has 7 nitrogen and oxygen atoms in total. The Morgan fingerprint density at radius 3 is 2.29 bits per heavy atom. The van der Waals surface area contributed by atoms with Crippen LogP contribution in [0.1, 0.15) is 47.2 Å². The van der Waals surface area contributed by atoms with Crippen LogP contribution in [0.4, 0.5) is 5.69 Å². The monoisotopic (exact) mass is 457 g/mol. The predicted octanol–water partition coefficient (Wildman–Crippen LogP) is 3.65. The van der Waals surface area contributed by atoms with E-state index < -0.39 is 0 Å². The maximum Gasteiger partial charge on any atom is 0.253 e. The van der Waals surface area contributed by atoms with Gasteiger partial charge in [0.15, 0.2) is 0 Å². The van der Waals surface area contributed by atoms with Crippen LogP contribution in [0.3, 0.4) is 0 Å². The Morgan fingerprint density at radius 1 is 0.882 bits per heavy atom. The molecule has 34 heavy (non-hydrogen) atoms. The molecule has 2 aromatic carbocycles. The smallest absolute Gasteiger partial charge is 0.253 e. The lowest BCUT2D eigenvalue weighted by Crippen LogP contribution is -2.49. The average molecular weight is 458 g/mol. The van der Waals surface area contributed by atoms with Crippen LogP contribution in [0.25, 0.3) is 0 Å². The Kier molecular flexibility index (Phi) is 8.01. The van der Waals surface area contributed by atoms with E-state index in [0.717, 1.165) is 24.4 Å². The van der Waals surface area contributed by atoms with Crippen molar-refractivity contribution in [2.24, 2.45) is 0 Å². The van der Waals surface area contributed by atoms with Gasteiger partial charge in [0.2, 0.25) is 0 Å². The third-order valence-electron chi connectivity index (χ3n) is 6.59. The molecule has 0 atom stereocenters. The van der Waals surface area contributed by atoms with Crippen LogP contribution in [-0.4, -0.2) is 68.1 Å². The summed E-state index contributed by atoms with van der Waals surface area (Å²) in [6, 6.07) is 16.8. The summed E-state index contributed by atoms with van der Waals surface area (Å²) < 4.78 is 5.93. The summed E-state index contributed by atoms with van der Waals surface area (Å²) in [7, 11) is 0. The van der Waals surface area contributed by atoms with Crippen LogP contribution < -0.4 is 9.64 Å². The van der Waals surface area contributed by atoms with E-state index in [1.807, 2.05) is 23.1 Å². The van der Waals surface area contributed by atoms with E-state index in [9.17, 15) is 10.1 Å². The summed E-state index contributed by atoms with van der Waals surface area (Å²) >= 11 is 0. The number of likely N-dealkylation sites (tertiary alicyclic amines) is 1. The van der Waals surface area contributed by atoms with Gasteiger partial charge in [0.05, 0.1) is 29.5 Å². The van der Waals surface area contributed by atoms with Crippen molar-refractivity contribution < 1.29 is 9.53 Å². The number of amides is 1. The SMILES string of the molecule is N#Cc1ccc(C(=O)N2CCN(c3ccc(OCCCN4CCCCC4)cc3C#N)CC2)cc1. The van der Waals surface area contributed by atoms with Crippen LogP contribution in [-0.2, 0) is 0 Å². The van der Waals surface area contributed by atoms with Crippen LogP contribution in [0.2, 0.25) is 0 Å². The molecule has 0 aromatic heterocycles. The Balaban J connectivity index is 1.28. The summed E-state index contributed by atoms with van der Waals surface area (Å²) in [5.74, 6) is 0.700. The van der Waals surface area contributed by atoms with E-state index in [2.05, 4.69) is 21.9 Å². The number of piperidine rings is 1. The van der Waals surface area contributed by atoms with Crippen molar-refractivity contribution in [2.75, 3.05) is 57.3 Å². The molecule has 2 fully saturated rings. The number of nitrogens with zero attached hydrogens (tertiary/aromatic N) is 5. The van der Waals surface area contributed by atoms with Crippen molar-refractivity contribution >= 4 is 11.6 Å². The molecule has 0 unspecified atom stereocenters. The Bertz CT molecular complexity index is 1060. The van der Waals surface area contributed by atoms with Crippen LogP contribution in [0.15, 0.2) is 42.5 Å². The van der Waals surface area contributed by atoms with Gasteiger partial charge in [0.1, 0.15) is 11.8 Å². The zero-order valence-corrected chi connectivity index (χ0v) is 19.6. The maximum atomic E-state index is 12.8. The zero-order chi connectivity index (χ0) is 23.8. The molecule has 0 aliphatic carbocycles. The fourth-order valence-electron chi connectivity index (χ4n) is 4.65. The van der Waals surface area contributed by atoms with Crippen molar-refractivity contribution in [3.63, 3.8) is 0 Å². The Morgan fingerprint density at radius 2 is 1.62 bits per heavy atom. The minimum absolute atomic E-state index is 0.0297. The number of anilines is 1. The van der Waals surface area contributed by atoms with Gasteiger partial charge in [-0.05, 0) is 74.8 Å². The van der Waals surface area contributed by atoms with E-state index in [1.54, 1.807) is 24.3 Å². The van der Waals surface area contributed by atoms with Gasteiger partial charge in [-0.3, -0.25) is 4.79 Å². The fourth-order valence-corrected chi connectivity index (χ4v) is 4.65. The summed E-state index contributed by atoms with van der Waals surface area (Å²) in [4.78, 5) is 19.3. The van der Waals surface area contributed by atoms with Gasteiger partial charge >= 0.3 is 0 Å². The molecule has 2 aliphatic heterocycles. The Labute approximate surface area is 201 Å². The first-order valence-corrected chi connectivity index (χ1v) is 12.1. The second-order valence-corrected chi connectivity index (χ2v) is 8.86. The molecule has 1 amide bonds. The van der Waals surface area contributed by atoms with Gasteiger partial charge in [-0.15, -0.1) is 0 Å². The van der Waals surface area contributed by atoms with Gasteiger partial charge in [-0.1, -0.05) is 6.42 Å². The van der Waals surface area contributed by atoms with E-state index in [1.165, 1.54) is 32.4 Å². The normalized spacial score (nSPS) is 16.5. The van der Waals surface area contributed by atoms with Gasteiger partial charge in [0, 0.05) is 38.3 Å². The second-order valence-electron chi connectivity index (χ2n) is 8.86. The lowest BCUT2D eigenvalue weighted by molar-refractivity contribution is 0.0747. The van der Waals surface area contributed by atoms with E-state index >= 15 is 0 Å². The molecule has 2 aromatic rings. The molecule has 2 saturated heterocycles. The minimum Gasteiger partial charge on any atom is -0.493 e. The number of nitriles is 2. The molecule has 0 bridgehead atoms. The number of carbonyl (C=O) groups excluding carboxylic acids is 1. The molecule has 0 spiro atoms. The summed E-state index contributed by atoms with van der Waals surface area (Å²) in [5, 5.41) is 18.7. The first kappa shape index (κ1) is 23.6. The lowest BCUT2D eigenvalue weighted by atomic mass is 10.1. The summed E-state index contributed by atoms with van der Waals surface area (Å²) in [6.45, 7) is 6.58.